The molecule has 0 atom stereocenters. The van der Waals surface area contributed by atoms with Crippen LogP contribution < -0.4 is 5.32 Å². The molecule has 1 aromatic rings. The van der Waals surface area contributed by atoms with Crippen molar-refractivity contribution >= 4 is 29.6 Å². The average Bonchev–Trinajstić information content (AvgIpc) is 2.19. The molecule has 0 saturated heterocycles. The number of nitrogens with one attached hydrogen (secondary N) is 1. The van der Waals surface area contributed by atoms with E-state index >= 15 is 0 Å². The minimum absolute atomic E-state index is 0.448. The number of oxime groups is 1. The molecule has 80 valence electrons. The maximum atomic E-state index is 11.1. The van der Waals surface area contributed by atoms with E-state index in [0.717, 1.165) is 16.9 Å². The normalized spacial score (nSPS) is 10.5. The Hall–Kier alpha value is -1.49. The number of benzene rings is 1. The van der Waals surface area contributed by atoms with Gasteiger partial charge in [0, 0.05) is 10.6 Å². The van der Waals surface area contributed by atoms with Crippen molar-refractivity contribution in [2.24, 2.45) is 5.16 Å². The van der Waals surface area contributed by atoms with Gasteiger partial charge in [-0.3, -0.25) is 4.79 Å². The Morgan fingerprint density at radius 1 is 1.67 bits per heavy atom. The zero-order chi connectivity index (χ0) is 11.1. The van der Waals surface area contributed by atoms with E-state index in [9.17, 15) is 4.79 Å². The molecule has 0 bridgehead atoms. The molecule has 4 nitrogen and oxygen atoms in total. The van der Waals surface area contributed by atoms with Crippen LogP contribution in [0.25, 0.3) is 0 Å². The lowest BCUT2D eigenvalue weighted by atomic mass is 10.3. The van der Waals surface area contributed by atoms with Gasteiger partial charge in [-0.05, 0) is 24.0 Å². The Balaban J connectivity index is 2.68. The molecule has 0 aliphatic rings. The molecule has 0 unspecified atom stereocenters. The number of carbonyl (C=O) groups excluding carboxylic acids is 1. The summed E-state index contributed by atoms with van der Waals surface area (Å²) >= 11 is 1.70. The second-order valence-corrected chi connectivity index (χ2v) is 4.03. The summed E-state index contributed by atoms with van der Waals surface area (Å²) in [4.78, 5) is 12.1. The molecule has 0 aliphatic heterocycles. The van der Waals surface area contributed by atoms with Gasteiger partial charge in [-0.2, -0.15) is 0 Å². The minimum Gasteiger partial charge on any atom is -0.411 e. The molecular formula is C10H12N2O2S. The van der Waals surface area contributed by atoms with Crippen molar-refractivity contribution < 1.29 is 10.0 Å². The third-order valence-corrected chi connectivity index (χ3v) is 2.46. The van der Waals surface area contributed by atoms with E-state index in [1.165, 1.54) is 0 Å². The number of rotatable bonds is 4. The lowest BCUT2D eigenvalue weighted by molar-refractivity contribution is -0.110. The molecule has 0 fully saturated rings. The van der Waals surface area contributed by atoms with E-state index in [-0.39, 0.29) is 0 Å². The predicted molar refractivity (Wildman–Crippen MR) is 61.7 cm³/mol. The van der Waals surface area contributed by atoms with Crippen molar-refractivity contribution in [2.75, 3.05) is 11.1 Å². The van der Waals surface area contributed by atoms with Crippen molar-refractivity contribution in [1.82, 2.24) is 0 Å². The van der Waals surface area contributed by atoms with Crippen LogP contribution in [0.5, 0.6) is 0 Å². The van der Waals surface area contributed by atoms with Gasteiger partial charge in [0.2, 0.25) is 0 Å². The fraction of sp³-hybridized carbons (Fsp3) is 0.200. The summed E-state index contributed by atoms with van der Waals surface area (Å²) in [5, 5.41) is 13.4. The number of carbonyl (C=O) groups is 1. The molecule has 15 heavy (non-hydrogen) atoms. The standard InChI is InChI=1S/C10H12N2O2S/c1-2-15-9-5-3-4-8(6-9)12-10(13)7-11-14/h3-7,14H,2H2,1H3,(H,12,13)/b11-7-. The molecule has 0 aromatic heterocycles. The second-order valence-electron chi connectivity index (χ2n) is 2.69. The number of hydrogen-bond donors (Lipinski definition) is 2. The average molecular weight is 224 g/mol. The first-order valence-electron chi connectivity index (χ1n) is 4.47. The molecule has 1 amide bonds. The van der Waals surface area contributed by atoms with Gasteiger partial charge < -0.3 is 10.5 Å². The second kappa shape index (κ2) is 6.08. The van der Waals surface area contributed by atoms with Crippen LogP contribution in [0.1, 0.15) is 6.92 Å². The lowest BCUT2D eigenvalue weighted by Crippen LogP contribution is -2.12. The zero-order valence-corrected chi connectivity index (χ0v) is 9.12. The summed E-state index contributed by atoms with van der Waals surface area (Å²) in [6.07, 6.45) is 0.819. The molecule has 0 radical (unpaired) electrons. The molecule has 2 N–H and O–H groups in total. The summed E-state index contributed by atoms with van der Waals surface area (Å²) in [6.45, 7) is 2.06. The predicted octanol–water partition coefficient (Wildman–Crippen LogP) is 2.20. The monoisotopic (exact) mass is 224 g/mol. The highest BCUT2D eigenvalue weighted by Crippen LogP contribution is 2.20. The molecule has 0 aliphatic carbocycles. The van der Waals surface area contributed by atoms with Gasteiger partial charge in [0.25, 0.3) is 5.91 Å². The first kappa shape index (κ1) is 11.6. The van der Waals surface area contributed by atoms with E-state index in [2.05, 4.69) is 17.4 Å². The van der Waals surface area contributed by atoms with Gasteiger partial charge in [0.15, 0.2) is 0 Å². The van der Waals surface area contributed by atoms with Crippen LogP contribution in [0.4, 0.5) is 5.69 Å². The number of anilines is 1. The molecule has 5 heteroatoms. The minimum atomic E-state index is -0.448. The molecule has 1 aromatic carbocycles. The summed E-state index contributed by atoms with van der Waals surface area (Å²) in [5.74, 6) is 0.534. The summed E-state index contributed by atoms with van der Waals surface area (Å²) in [5.41, 5.74) is 0.693. The topological polar surface area (TPSA) is 61.7 Å². The maximum Gasteiger partial charge on any atom is 0.270 e. The van der Waals surface area contributed by atoms with Gasteiger partial charge in [-0.25, -0.2) is 0 Å². The van der Waals surface area contributed by atoms with Crippen LogP contribution in [-0.4, -0.2) is 23.1 Å². The third-order valence-electron chi connectivity index (χ3n) is 1.59. The SMILES string of the molecule is CCSc1cccc(NC(=O)/C=N\O)c1. The zero-order valence-electron chi connectivity index (χ0n) is 8.30. The van der Waals surface area contributed by atoms with E-state index in [1.54, 1.807) is 17.8 Å². The van der Waals surface area contributed by atoms with Crippen molar-refractivity contribution in [1.29, 1.82) is 0 Å². The molecular weight excluding hydrogens is 212 g/mol. The Morgan fingerprint density at radius 2 is 2.47 bits per heavy atom. The molecule has 0 spiro atoms. The fourth-order valence-electron chi connectivity index (χ4n) is 1.06. The summed E-state index contributed by atoms with van der Waals surface area (Å²) in [7, 11) is 0. The molecule has 1 rings (SSSR count). The van der Waals surface area contributed by atoms with E-state index in [4.69, 9.17) is 5.21 Å². The number of amides is 1. The van der Waals surface area contributed by atoms with Gasteiger partial charge in [-0.15, -0.1) is 11.8 Å². The van der Waals surface area contributed by atoms with Crippen LogP contribution in [0.2, 0.25) is 0 Å². The van der Waals surface area contributed by atoms with Crippen molar-refractivity contribution in [3.63, 3.8) is 0 Å². The third kappa shape index (κ3) is 4.03. The first-order chi connectivity index (χ1) is 7.26. The van der Waals surface area contributed by atoms with Crippen LogP contribution in [-0.2, 0) is 4.79 Å². The lowest BCUT2D eigenvalue weighted by Gasteiger charge is -2.03. The Kier molecular flexibility index (Phi) is 4.70. The highest BCUT2D eigenvalue weighted by Gasteiger charge is 1.99. The van der Waals surface area contributed by atoms with Crippen LogP contribution in [0.3, 0.4) is 0 Å². The smallest absolute Gasteiger partial charge is 0.270 e. The fourth-order valence-corrected chi connectivity index (χ4v) is 1.78. The Labute approximate surface area is 92.4 Å². The van der Waals surface area contributed by atoms with Gasteiger partial charge in [0.05, 0.1) is 0 Å². The van der Waals surface area contributed by atoms with Crippen molar-refractivity contribution in [3.8, 4) is 0 Å². The van der Waals surface area contributed by atoms with E-state index < -0.39 is 5.91 Å². The van der Waals surface area contributed by atoms with Crippen LogP contribution in [0.15, 0.2) is 34.3 Å². The molecule has 0 saturated carbocycles. The maximum absolute atomic E-state index is 11.1. The number of hydrogen-bond acceptors (Lipinski definition) is 4. The van der Waals surface area contributed by atoms with E-state index in [1.807, 2.05) is 18.2 Å². The Morgan fingerprint density at radius 3 is 3.13 bits per heavy atom. The highest BCUT2D eigenvalue weighted by atomic mass is 32.2. The largest absolute Gasteiger partial charge is 0.411 e. The first-order valence-corrected chi connectivity index (χ1v) is 5.46. The molecule has 0 heterocycles. The van der Waals surface area contributed by atoms with Crippen molar-refractivity contribution in [3.05, 3.63) is 24.3 Å². The van der Waals surface area contributed by atoms with Crippen molar-refractivity contribution in [2.45, 2.75) is 11.8 Å². The Bertz CT molecular complexity index is 366. The van der Waals surface area contributed by atoms with Crippen LogP contribution >= 0.6 is 11.8 Å². The highest BCUT2D eigenvalue weighted by molar-refractivity contribution is 7.99. The number of thioether (sulfide) groups is 1. The van der Waals surface area contributed by atoms with E-state index in [0.29, 0.717) is 5.69 Å². The van der Waals surface area contributed by atoms with Gasteiger partial charge in [0.1, 0.15) is 6.21 Å². The summed E-state index contributed by atoms with van der Waals surface area (Å²) < 4.78 is 0. The quantitative estimate of drug-likeness (QED) is 0.357. The van der Waals surface area contributed by atoms with Gasteiger partial charge >= 0.3 is 0 Å². The van der Waals surface area contributed by atoms with Crippen LogP contribution in [0, 0.1) is 0 Å². The summed E-state index contributed by atoms with van der Waals surface area (Å²) in [6, 6.07) is 7.49. The number of nitrogens with zero attached hydrogens (tertiary/aromatic N) is 1. The van der Waals surface area contributed by atoms with Gasteiger partial charge in [-0.1, -0.05) is 18.1 Å².